The third kappa shape index (κ3) is 5.31. The molecule has 0 aliphatic carbocycles. The van der Waals surface area contributed by atoms with E-state index in [1.54, 1.807) is 47.5 Å². The molecule has 1 aliphatic heterocycles. The van der Waals surface area contributed by atoms with Gasteiger partial charge in [0.05, 0.1) is 30.8 Å². The lowest BCUT2D eigenvalue weighted by Gasteiger charge is -2.33. The SMILES string of the molecule is O=C(Cc1ccccn1)N1CCO[C@H](c2cccc(Cc3ccccc3C(F)(F)F)n2)C1. The fourth-order valence-electron chi connectivity index (χ4n) is 3.75. The molecule has 5 nitrogen and oxygen atoms in total. The van der Waals surface area contributed by atoms with Crippen molar-refractivity contribution in [3.05, 3.63) is 95.1 Å². The molecular weight excluding hydrogens is 419 g/mol. The zero-order chi connectivity index (χ0) is 22.6. The Morgan fingerprint density at radius 1 is 1.03 bits per heavy atom. The molecule has 0 bridgehead atoms. The van der Waals surface area contributed by atoms with Crippen LogP contribution in [0.4, 0.5) is 13.2 Å². The number of nitrogens with zero attached hydrogens (tertiary/aromatic N) is 3. The van der Waals surface area contributed by atoms with Gasteiger partial charge in [-0.25, -0.2) is 0 Å². The number of aromatic nitrogens is 2. The zero-order valence-corrected chi connectivity index (χ0v) is 17.3. The largest absolute Gasteiger partial charge is 0.416 e. The summed E-state index contributed by atoms with van der Waals surface area (Å²) < 4.78 is 45.8. The van der Waals surface area contributed by atoms with E-state index >= 15 is 0 Å². The molecule has 1 amide bonds. The molecule has 1 saturated heterocycles. The molecule has 8 heteroatoms. The summed E-state index contributed by atoms with van der Waals surface area (Å²) in [7, 11) is 0. The first-order valence-electron chi connectivity index (χ1n) is 10.3. The van der Waals surface area contributed by atoms with Crippen molar-refractivity contribution in [2.24, 2.45) is 0 Å². The monoisotopic (exact) mass is 441 g/mol. The van der Waals surface area contributed by atoms with Gasteiger partial charge in [-0.15, -0.1) is 0 Å². The zero-order valence-electron chi connectivity index (χ0n) is 17.3. The van der Waals surface area contributed by atoms with Gasteiger partial charge in [0.2, 0.25) is 5.91 Å². The van der Waals surface area contributed by atoms with Gasteiger partial charge >= 0.3 is 6.18 Å². The van der Waals surface area contributed by atoms with Gasteiger partial charge in [0.1, 0.15) is 6.10 Å². The second-order valence-electron chi connectivity index (χ2n) is 7.58. The van der Waals surface area contributed by atoms with Crippen molar-refractivity contribution in [1.82, 2.24) is 14.9 Å². The molecule has 0 N–H and O–H groups in total. The minimum absolute atomic E-state index is 0.0488. The first kappa shape index (κ1) is 22.0. The van der Waals surface area contributed by atoms with Crippen LogP contribution in [0, 0.1) is 0 Å². The second-order valence-corrected chi connectivity index (χ2v) is 7.58. The molecule has 0 radical (unpaired) electrons. The number of pyridine rings is 2. The number of amides is 1. The van der Waals surface area contributed by atoms with Crippen molar-refractivity contribution < 1.29 is 22.7 Å². The lowest BCUT2D eigenvalue weighted by Crippen LogP contribution is -2.43. The average molecular weight is 441 g/mol. The van der Waals surface area contributed by atoms with Crippen molar-refractivity contribution >= 4 is 5.91 Å². The van der Waals surface area contributed by atoms with Crippen molar-refractivity contribution in [1.29, 1.82) is 0 Å². The van der Waals surface area contributed by atoms with Crippen LogP contribution in [0.1, 0.15) is 34.3 Å². The van der Waals surface area contributed by atoms with Crippen molar-refractivity contribution in [3.63, 3.8) is 0 Å². The number of halogens is 3. The van der Waals surface area contributed by atoms with Crippen LogP contribution in [0.5, 0.6) is 0 Å². The predicted molar refractivity (Wildman–Crippen MR) is 112 cm³/mol. The highest BCUT2D eigenvalue weighted by Crippen LogP contribution is 2.33. The number of ether oxygens (including phenoxy) is 1. The number of hydrogen-bond acceptors (Lipinski definition) is 4. The quantitative estimate of drug-likeness (QED) is 0.595. The highest BCUT2D eigenvalue weighted by atomic mass is 19.4. The second kappa shape index (κ2) is 9.48. The number of rotatable bonds is 5. The predicted octanol–water partition coefficient (Wildman–Crippen LogP) is 4.23. The molecule has 1 aromatic carbocycles. The first-order chi connectivity index (χ1) is 15.4. The molecule has 1 fully saturated rings. The average Bonchev–Trinajstić information content (AvgIpc) is 2.80. The Bertz CT molecular complexity index is 1070. The molecule has 4 rings (SSSR count). The minimum Gasteiger partial charge on any atom is -0.368 e. The first-order valence-corrected chi connectivity index (χ1v) is 10.3. The molecule has 0 saturated carbocycles. The van der Waals surface area contributed by atoms with E-state index in [0.29, 0.717) is 36.8 Å². The minimum atomic E-state index is -4.42. The van der Waals surface area contributed by atoms with Crippen LogP contribution in [-0.4, -0.2) is 40.5 Å². The Balaban J connectivity index is 1.47. The lowest BCUT2D eigenvalue weighted by molar-refractivity contribution is -0.139. The summed E-state index contributed by atoms with van der Waals surface area (Å²) in [5.74, 6) is -0.0488. The number of carbonyl (C=O) groups excluding carboxylic acids is 1. The van der Waals surface area contributed by atoms with Crippen molar-refractivity contribution in [2.45, 2.75) is 25.1 Å². The maximum atomic E-state index is 13.3. The third-order valence-electron chi connectivity index (χ3n) is 5.33. The van der Waals surface area contributed by atoms with Gasteiger partial charge in [-0.3, -0.25) is 14.8 Å². The lowest BCUT2D eigenvalue weighted by atomic mass is 10.0. The summed E-state index contributed by atoms with van der Waals surface area (Å²) >= 11 is 0. The van der Waals surface area contributed by atoms with Crippen LogP contribution in [-0.2, 0) is 28.5 Å². The van der Waals surface area contributed by atoms with Crippen LogP contribution in [0.25, 0.3) is 0 Å². The maximum Gasteiger partial charge on any atom is 0.416 e. The molecule has 3 aromatic rings. The topological polar surface area (TPSA) is 55.3 Å². The summed E-state index contributed by atoms with van der Waals surface area (Å²) in [5, 5.41) is 0. The van der Waals surface area contributed by atoms with Crippen LogP contribution in [0.3, 0.4) is 0 Å². The summed E-state index contributed by atoms with van der Waals surface area (Å²) in [6.07, 6.45) is -2.95. The highest BCUT2D eigenvalue weighted by molar-refractivity contribution is 5.78. The van der Waals surface area contributed by atoms with Crippen molar-refractivity contribution in [2.75, 3.05) is 19.7 Å². The Kier molecular flexibility index (Phi) is 6.50. The van der Waals surface area contributed by atoms with Gasteiger partial charge in [0, 0.05) is 30.6 Å². The van der Waals surface area contributed by atoms with E-state index in [-0.39, 0.29) is 24.3 Å². The van der Waals surface area contributed by atoms with Crippen LogP contribution < -0.4 is 0 Å². The molecule has 0 spiro atoms. The fourth-order valence-corrected chi connectivity index (χ4v) is 3.75. The molecule has 1 aliphatic rings. The number of hydrogen-bond donors (Lipinski definition) is 0. The fraction of sp³-hybridized carbons (Fsp3) is 0.292. The van der Waals surface area contributed by atoms with Gasteiger partial charge in [-0.2, -0.15) is 13.2 Å². The van der Waals surface area contributed by atoms with Gasteiger partial charge < -0.3 is 9.64 Å². The van der Waals surface area contributed by atoms with E-state index in [2.05, 4.69) is 9.97 Å². The van der Waals surface area contributed by atoms with Gasteiger partial charge in [0.15, 0.2) is 0 Å². The van der Waals surface area contributed by atoms with E-state index in [4.69, 9.17) is 4.74 Å². The molecule has 3 heterocycles. The number of alkyl halides is 3. The van der Waals surface area contributed by atoms with E-state index < -0.39 is 17.8 Å². The van der Waals surface area contributed by atoms with Crippen molar-refractivity contribution in [3.8, 4) is 0 Å². The summed E-state index contributed by atoms with van der Waals surface area (Å²) in [6, 6.07) is 16.2. The van der Waals surface area contributed by atoms with Gasteiger partial charge in [-0.05, 0) is 35.9 Å². The standard InChI is InChI=1S/C24H22F3N3O2/c25-24(26,27)20-9-2-1-6-17(20)14-19-8-5-10-21(29-19)22-16-30(12-13-32-22)23(31)15-18-7-3-4-11-28-18/h1-11,22H,12-16H2/t22-/m0/s1. The molecule has 1 atom stereocenters. The Hall–Kier alpha value is -3.26. The summed E-state index contributed by atoms with van der Waals surface area (Å²) in [5.41, 5.74) is 1.32. The Morgan fingerprint density at radius 3 is 2.59 bits per heavy atom. The van der Waals surface area contributed by atoms with Gasteiger partial charge in [0.25, 0.3) is 0 Å². The molecule has 32 heavy (non-hydrogen) atoms. The summed E-state index contributed by atoms with van der Waals surface area (Å²) in [4.78, 5) is 23.2. The summed E-state index contributed by atoms with van der Waals surface area (Å²) in [6.45, 7) is 1.17. The molecule has 2 aromatic heterocycles. The normalized spacial score (nSPS) is 16.7. The Labute approximate surface area is 183 Å². The number of carbonyl (C=O) groups is 1. The molecule has 0 unspecified atom stereocenters. The van der Waals surface area contributed by atoms with Crippen LogP contribution >= 0.6 is 0 Å². The van der Waals surface area contributed by atoms with E-state index in [1.165, 1.54) is 12.1 Å². The molecule has 166 valence electrons. The van der Waals surface area contributed by atoms with Gasteiger partial charge in [-0.1, -0.05) is 30.3 Å². The smallest absolute Gasteiger partial charge is 0.368 e. The third-order valence-corrected chi connectivity index (χ3v) is 5.33. The van der Waals surface area contributed by atoms with Crippen LogP contribution in [0.2, 0.25) is 0 Å². The Morgan fingerprint density at radius 2 is 1.81 bits per heavy atom. The van der Waals surface area contributed by atoms with E-state index in [0.717, 1.165) is 6.07 Å². The number of morpholine rings is 1. The van der Waals surface area contributed by atoms with Crippen LogP contribution in [0.15, 0.2) is 66.9 Å². The highest BCUT2D eigenvalue weighted by Gasteiger charge is 2.33. The number of benzene rings is 1. The molecular formula is C24H22F3N3O2. The van der Waals surface area contributed by atoms with E-state index in [1.807, 2.05) is 6.07 Å². The maximum absolute atomic E-state index is 13.3. The van der Waals surface area contributed by atoms with E-state index in [9.17, 15) is 18.0 Å².